The summed E-state index contributed by atoms with van der Waals surface area (Å²) in [5.41, 5.74) is 4.02. The van der Waals surface area contributed by atoms with Gasteiger partial charge in [0, 0.05) is 23.6 Å². The quantitative estimate of drug-likeness (QED) is 0.526. The van der Waals surface area contributed by atoms with Crippen LogP contribution in [0.15, 0.2) is 29.4 Å². The molecule has 0 bridgehead atoms. The number of nitro groups is 1. The smallest absolute Gasteiger partial charge is 0.270 e. The highest BCUT2D eigenvalue weighted by Crippen LogP contribution is 2.66. The lowest BCUT2D eigenvalue weighted by molar-refractivity contribution is -0.384. The third-order valence-electron chi connectivity index (χ3n) is 5.42. The highest BCUT2D eigenvalue weighted by molar-refractivity contribution is 6.00. The lowest BCUT2D eigenvalue weighted by Gasteiger charge is -2.15. The fourth-order valence-corrected chi connectivity index (χ4v) is 3.97. The molecule has 0 aromatic heterocycles. The number of carbonyl (C=O) groups is 1. The highest BCUT2D eigenvalue weighted by atomic mass is 16.6. The fourth-order valence-electron chi connectivity index (χ4n) is 3.97. The minimum Gasteiger partial charge on any atom is -0.273 e. The summed E-state index contributed by atoms with van der Waals surface area (Å²) in [7, 11) is 0. The maximum Gasteiger partial charge on any atom is 0.270 e. The molecular weight excluding hydrogens is 294 g/mol. The minimum absolute atomic E-state index is 0.0177. The topological polar surface area (TPSA) is 84.6 Å². The van der Waals surface area contributed by atoms with Crippen LogP contribution in [0.4, 0.5) is 5.69 Å². The SMILES string of the molecule is C/C(=N/NC(=O)[C@H]1[C@H]2CCCC[C@@]21C)c1cccc([N+](=O)[O-])c1. The van der Waals surface area contributed by atoms with E-state index in [1.807, 2.05) is 0 Å². The maximum absolute atomic E-state index is 12.4. The van der Waals surface area contributed by atoms with Gasteiger partial charge in [-0.2, -0.15) is 5.10 Å². The van der Waals surface area contributed by atoms with Crippen molar-refractivity contribution in [3.8, 4) is 0 Å². The van der Waals surface area contributed by atoms with E-state index < -0.39 is 4.92 Å². The molecule has 6 heteroatoms. The molecule has 23 heavy (non-hydrogen) atoms. The van der Waals surface area contributed by atoms with Crippen molar-refractivity contribution >= 4 is 17.3 Å². The van der Waals surface area contributed by atoms with E-state index in [-0.39, 0.29) is 22.9 Å². The summed E-state index contributed by atoms with van der Waals surface area (Å²) in [5.74, 6) is 0.528. The number of hydrogen-bond acceptors (Lipinski definition) is 4. The van der Waals surface area contributed by atoms with E-state index in [4.69, 9.17) is 0 Å². The summed E-state index contributed by atoms with van der Waals surface area (Å²) in [5, 5.41) is 15.0. The van der Waals surface area contributed by atoms with Gasteiger partial charge < -0.3 is 0 Å². The predicted molar refractivity (Wildman–Crippen MR) is 87.0 cm³/mol. The molecule has 1 aromatic carbocycles. The molecule has 2 fully saturated rings. The van der Waals surface area contributed by atoms with Crippen LogP contribution in [-0.4, -0.2) is 16.5 Å². The summed E-state index contributed by atoms with van der Waals surface area (Å²) in [6.45, 7) is 3.93. The molecule has 0 saturated heterocycles. The number of hydrogen-bond donors (Lipinski definition) is 1. The van der Waals surface area contributed by atoms with Crippen molar-refractivity contribution < 1.29 is 9.72 Å². The first kappa shape index (κ1) is 15.6. The van der Waals surface area contributed by atoms with Gasteiger partial charge in [-0.25, -0.2) is 5.43 Å². The highest BCUT2D eigenvalue weighted by Gasteiger charge is 2.64. The van der Waals surface area contributed by atoms with Gasteiger partial charge in [-0.15, -0.1) is 0 Å². The van der Waals surface area contributed by atoms with Crippen molar-refractivity contribution in [1.29, 1.82) is 0 Å². The van der Waals surface area contributed by atoms with Crippen LogP contribution < -0.4 is 5.43 Å². The average Bonchev–Trinajstić information content (AvgIpc) is 3.18. The van der Waals surface area contributed by atoms with Crippen molar-refractivity contribution in [2.75, 3.05) is 0 Å². The molecule has 6 nitrogen and oxygen atoms in total. The Hall–Kier alpha value is -2.24. The Balaban J connectivity index is 1.67. The average molecular weight is 315 g/mol. The minimum atomic E-state index is -0.439. The van der Waals surface area contributed by atoms with Gasteiger partial charge in [0.25, 0.3) is 5.69 Å². The van der Waals surface area contributed by atoms with Crippen LogP contribution in [0, 0.1) is 27.4 Å². The molecule has 122 valence electrons. The van der Waals surface area contributed by atoms with Gasteiger partial charge in [-0.05, 0) is 31.1 Å². The summed E-state index contributed by atoms with van der Waals surface area (Å²) in [6, 6.07) is 6.26. The summed E-state index contributed by atoms with van der Waals surface area (Å²) < 4.78 is 0. The number of benzene rings is 1. The van der Waals surface area contributed by atoms with Crippen molar-refractivity contribution in [2.24, 2.45) is 22.4 Å². The van der Waals surface area contributed by atoms with E-state index >= 15 is 0 Å². The molecular formula is C17H21N3O3. The third kappa shape index (κ3) is 2.85. The molecule has 3 atom stereocenters. The Bertz CT molecular complexity index is 685. The number of hydrazone groups is 1. The Kier molecular flexibility index (Phi) is 3.92. The fraction of sp³-hybridized carbons (Fsp3) is 0.529. The molecule has 1 amide bonds. The van der Waals surface area contributed by atoms with E-state index in [0.29, 0.717) is 17.2 Å². The molecule has 0 heterocycles. The second-order valence-electron chi connectivity index (χ2n) is 6.82. The maximum atomic E-state index is 12.4. The van der Waals surface area contributed by atoms with Gasteiger partial charge in [0.05, 0.1) is 10.6 Å². The Labute approximate surface area is 135 Å². The van der Waals surface area contributed by atoms with E-state index in [1.165, 1.54) is 25.0 Å². The Morgan fingerprint density at radius 3 is 2.87 bits per heavy atom. The van der Waals surface area contributed by atoms with Crippen molar-refractivity contribution in [2.45, 2.75) is 39.5 Å². The van der Waals surface area contributed by atoms with E-state index in [2.05, 4.69) is 17.5 Å². The molecule has 1 N–H and O–H groups in total. The molecule has 2 aliphatic rings. The van der Waals surface area contributed by atoms with Gasteiger partial charge in [0.2, 0.25) is 5.91 Å². The lowest BCUT2D eigenvalue weighted by Crippen LogP contribution is -2.23. The molecule has 2 saturated carbocycles. The molecule has 1 aromatic rings. The Morgan fingerprint density at radius 1 is 1.43 bits per heavy atom. The van der Waals surface area contributed by atoms with Crippen LogP contribution >= 0.6 is 0 Å². The third-order valence-corrected chi connectivity index (χ3v) is 5.42. The number of nitro benzene ring substituents is 1. The first-order valence-electron chi connectivity index (χ1n) is 8.02. The lowest BCUT2D eigenvalue weighted by atomic mass is 9.90. The second-order valence-corrected chi connectivity index (χ2v) is 6.82. The van der Waals surface area contributed by atoms with Crippen LogP contribution in [0.25, 0.3) is 0 Å². The van der Waals surface area contributed by atoms with E-state index in [1.54, 1.807) is 19.1 Å². The number of amides is 1. The number of rotatable bonds is 4. The number of non-ortho nitro benzene ring substituents is 1. The molecule has 0 radical (unpaired) electrons. The monoisotopic (exact) mass is 315 g/mol. The number of nitrogens with zero attached hydrogens (tertiary/aromatic N) is 2. The molecule has 0 aliphatic heterocycles. The number of carbonyl (C=O) groups excluding carboxylic acids is 1. The van der Waals surface area contributed by atoms with Crippen LogP contribution in [-0.2, 0) is 4.79 Å². The van der Waals surface area contributed by atoms with Crippen molar-refractivity contribution in [1.82, 2.24) is 5.43 Å². The number of fused-ring (bicyclic) bond motifs is 1. The van der Waals surface area contributed by atoms with Gasteiger partial charge in [-0.3, -0.25) is 14.9 Å². The molecule has 0 unspecified atom stereocenters. The molecule has 2 aliphatic carbocycles. The van der Waals surface area contributed by atoms with Gasteiger partial charge in [0.1, 0.15) is 0 Å². The zero-order chi connectivity index (χ0) is 16.6. The van der Waals surface area contributed by atoms with Crippen molar-refractivity contribution in [3.63, 3.8) is 0 Å². The predicted octanol–water partition coefficient (Wildman–Crippen LogP) is 3.26. The van der Waals surface area contributed by atoms with E-state index in [0.717, 1.165) is 12.8 Å². The first-order chi connectivity index (χ1) is 10.9. The van der Waals surface area contributed by atoms with Crippen LogP contribution in [0.1, 0.15) is 45.1 Å². The normalized spacial score (nSPS) is 29.6. The standard InChI is InChI=1S/C17H21N3O3/c1-11(12-6-5-7-13(10-12)20(22)23)18-19-16(21)15-14-8-3-4-9-17(14,15)2/h5-7,10,14-15H,3-4,8-9H2,1-2H3,(H,19,21)/b18-11-/t14-,15-,17+/m1/s1. The van der Waals surface area contributed by atoms with Crippen LogP contribution in [0.5, 0.6) is 0 Å². The first-order valence-corrected chi connectivity index (χ1v) is 8.02. The zero-order valence-electron chi connectivity index (χ0n) is 13.4. The largest absolute Gasteiger partial charge is 0.273 e. The van der Waals surface area contributed by atoms with Gasteiger partial charge in [-0.1, -0.05) is 31.9 Å². The second kappa shape index (κ2) is 5.76. The zero-order valence-corrected chi connectivity index (χ0v) is 13.4. The molecule has 0 spiro atoms. The van der Waals surface area contributed by atoms with Crippen molar-refractivity contribution in [3.05, 3.63) is 39.9 Å². The van der Waals surface area contributed by atoms with Crippen LogP contribution in [0.3, 0.4) is 0 Å². The van der Waals surface area contributed by atoms with Crippen LogP contribution in [0.2, 0.25) is 0 Å². The van der Waals surface area contributed by atoms with Gasteiger partial charge in [0.15, 0.2) is 0 Å². The van der Waals surface area contributed by atoms with Gasteiger partial charge >= 0.3 is 0 Å². The Morgan fingerprint density at radius 2 is 2.22 bits per heavy atom. The summed E-state index contributed by atoms with van der Waals surface area (Å²) in [6.07, 6.45) is 4.65. The summed E-state index contributed by atoms with van der Waals surface area (Å²) >= 11 is 0. The van der Waals surface area contributed by atoms with E-state index in [9.17, 15) is 14.9 Å². The number of nitrogens with one attached hydrogen (secondary N) is 1. The summed E-state index contributed by atoms with van der Waals surface area (Å²) in [4.78, 5) is 22.7. The molecule has 3 rings (SSSR count).